The Kier molecular flexibility index (Phi) is 8.77. The lowest BCUT2D eigenvalue weighted by molar-refractivity contribution is 0.0987. The second kappa shape index (κ2) is 12.4. The molecule has 0 saturated carbocycles. The zero-order valence-corrected chi connectivity index (χ0v) is 22.2. The highest BCUT2D eigenvalue weighted by Gasteiger charge is 2.19. The van der Waals surface area contributed by atoms with Gasteiger partial charge in [0, 0.05) is 62.3 Å². The molecule has 9 heteroatoms. The molecule has 198 valence electrons. The van der Waals surface area contributed by atoms with Crippen LogP contribution < -0.4 is 19.7 Å². The Morgan fingerprint density at radius 3 is 2.34 bits per heavy atom. The number of nitrogens with zero attached hydrogens (tertiary/aromatic N) is 4. The Labute approximate surface area is 222 Å². The number of carbonyl (C=O) groups excluding carboxylic acids is 1. The van der Waals surface area contributed by atoms with Crippen LogP contribution in [-0.4, -0.2) is 67.6 Å². The summed E-state index contributed by atoms with van der Waals surface area (Å²) in [5.74, 6) is 6.05. The molecular formula is C29H32FN5O3. The first-order chi connectivity index (χ1) is 18.4. The van der Waals surface area contributed by atoms with E-state index in [4.69, 9.17) is 9.47 Å². The lowest BCUT2D eigenvalue weighted by Crippen LogP contribution is -2.46. The highest BCUT2D eigenvalue weighted by Crippen LogP contribution is 2.32. The molecule has 1 fully saturated rings. The maximum atomic E-state index is 14.7. The fourth-order valence-corrected chi connectivity index (χ4v) is 4.25. The number of methoxy groups -OCH3 is 2. The number of piperazine rings is 1. The van der Waals surface area contributed by atoms with Crippen molar-refractivity contribution in [2.75, 3.05) is 57.2 Å². The van der Waals surface area contributed by atoms with Crippen molar-refractivity contribution in [3.05, 3.63) is 65.2 Å². The van der Waals surface area contributed by atoms with Gasteiger partial charge in [-0.15, -0.1) is 0 Å². The number of carbonyl (C=O) groups is 1. The third-order valence-corrected chi connectivity index (χ3v) is 6.49. The molecule has 0 bridgehead atoms. The van der Waals surface area contributed by atoms with Crippen LogP contribution in [-0.2, 0) is 0 Å². The van der Waals surface area contributed by atoms with Gasteiger partial charge in [-0.3, -0.25) is 4.79 Å². The van der Waals surface area contributed by atoms with Gasteiger partial charge in [0.05, 0.1) is 31.0 Å². The predicted octanol–water partition coefficient (Wildman–Crippen LogP) is 4.51. The molecule has 4 rings (SSSR count). The highest BCUT2D eigenvalue weighted by atomic mass is 19.1. The van der Waals surface area contributed by atoms with Crippen molar-refractivity contribution < 1.29 is 18.7 Å². The molecule has 2 aromatic carbocycles. The van der Waals surface area contributed by atoms with E-state index < -0.39 is 5.82 Å². The Bertz CT molecular complexity index is 1340. The Balaban J connectivity index is 1.47. The topological polar surface area (TPSA) is 79.8 Å². The van der Waals surface area contributed by atoms with Gasteiger partial charge >= 0.3 is 0 Å². The smallest absolute Gasteiger partial charge is 0.227 e. The minimum Gasteiger partial charge on any atom is -0.495 e. The quantitative estimate of drug-likeness (QED) is 0.345. The van der Waals surface area contributed by atoms with Crippen molar-refractivity contribution in [1.29, 1.82) is 0 Å². The molecule has 1 aliphatic heterocycles. The van der Waals surface area contributed by atoms with Crippen molar-refractivity contribution in [3.8, 4) is 23.3 Å². The third-order valence-electron chi connectivity index (χ3n) is 6.49. The van der Waals surface area contributed by atoms with Gasteiger partial charge in [0.15, 0.2) is 17.3 Å². The average molecular weight is 518 g/mol. The molecule has 38 heavy (non-hydrogen) atoms. The Hall–Kier alpha value is -4.16. The van der Waals surface area contributed by atoms with Crippen molar-refractivity contribution >= 4 is 23.1 Å². The number of nitrogens with one attached hydrogen (secondary N) is 1. The lowest BCUT2D eigenvalue weighted by Gasteiger charge is -2.36. The van der Waals surface area contributed by atoms with Crippen LogP contribution in [0.3, 0.4) is 0 Å². The standard InChI is InChI=1S/C29H32FN5O3/c1-5-25(36)22-15-21(28(30)27(16-22)38-4)8-7-20-18-31-29(32-19-20)33-23-9-10-24(26(17-23)37-3)35-13-11-34(6-2)12-14-35/h9-10,15-19H,5-6,11-14H2,1-4H3,(H,31,32,33). The largest absolute Gasteiger partial charge is 0.495 e. The van der Waals surface area contributed by atoms with E-state index in [1.54, 1.807) is 26.4 Å². The number of aromatic nitrogens is 2. The lowest BCUT2D eigenvalue weighted by atomic mass is 10.0. The monoisotopic (exact) mass is 517 g/mol. The molecule has 0 spiro atoms. The van der Waals surface area contributed by atoms with E-state index >= 15 is 0 Å². The summed E-state index contributed by atoms with van der Waals surface area (Å²) in [5.41, 5.74) is 2.79. The zero-order valence-electron chi connectivity index (χ0n) is 22.2. The van der Waals surface area contributed by atoms with Crippen LogP contribution in [0.4, 0.5) is 21.7 Å². The first kappa shape index (κ1) is 26.9. The number of likely N-dealkylation sites (N-methyl/N-ethyl adjacent to an activating group) is 1. The van der Waals surface area contributed by atoms with E-state index in [9.17, 15) is 9.18 Å². The van der Waals surface area contributed by atoms with Gasteiger partial charge in [-0.25, -0.2) is 14.4 Å². The molecule has 2 heterocycles. The second-order valence-corrected chi connectivity index (χ2v) is 8.80. The molecule has 0 aliphatic carbocycles. The number of halogens is 1. The molecule has 1 saturated heterocycles. The van der Waals surface area contributed by atoms with E-state index in [0.717, 1.165) is 49.8 Å². The van der Waals surface area contributed by atoms with Gasteiger partial charge in [0.1, 0.15) is 5.75 Å². The van der Waals surface area contributed by atoms with Crippen LogP contribution in [0.25, 0.3) is 0 Å². The van der Waals surface area contributed by atoms with Crippen molar-refractivity contribution in [3.63, 3.8) is 0 Å². The van der Waals surface area contributed by atoms with Gasteiger partial charge in [-0.2, -0.15) is 0 Å². The van der Waals surface area contributed by atoms with Crippen LogP contribution in [0.2, 0.25) is 0 Å². The van der Waals surface area contributed by atoms with E-state index in [-0.39, 0.29) is 17.1 Å². The van der Waals surface area contributed by atoms with Crippen LogP contribution >= 0.6 is 0 Å². The fourth-order valence-electron chi connectivity index (χ4n) is 4.25. The summed E-state index contributed by atoms with van der Waals surface area (Å²) in [4.78, 5) is 25.5. The molecule has 1 aliphatic rings. The Morgan fingerprint density at radius 2 is 1.71 bits per heavy atom. The number of anilines is 3. The van der Waals surface area contributed by atoms with Crippen molar-refractivity contribution in [2.24, 2.45) is 0 Å². The molecule has 1 aromatic heterocycles. The molecule has 1 N–H and O–H groups in total. The number of ether oxygens (including phenoxy) is 2. The van der Waals surface area contributed by atoms with Gasteiger partial charge in [0.25, 0.3) is 0 Å². The Morgan fingerprint density at radius 1 is 1.00 bits per heavy atom. The summed E-state index contributed by atoms with van der Waals surface area (Å²) >= 11 is 0. The minimum absolute atomic E-state index is 0.0194. The predicted molar refractivity (Wildman–Crippen MR) is 146 cm³/mol. The minimum atomic E-state index is -0.614. The van der Waals surface area contributed by atoms with Gasteiger partial charge in [-0.05, 0) is 30.8 Å². The summed E-state index contributed by atoms with van der Waals surface area (Å²) in [6.07, 6.45) is 3.41. The number of ketones is 1. The van der Waals surface area contributed by atoms with Crippen LogP contribution in [0.5, 0.6) is 11.5 Å². The molecule has 0 atom stereocenters. The molecule has 0 radical (unpaired) electrons. The first-order valence-electron chi connectivity index (χ1n) is 12.6. The van der Waals surface area contributed by atoms with E-state index in [1.165, 1.54) is 19.2 Å². The maximum Gasteiger partial charge on any atom is 0.227 e. The van der Waals surface area contributed by atoms with Crippen LogP contribution in [0.15, 0.2) is 42.7 Å². The fraction of sp³-hybridized carbons (Fsp3) is 0.345. The number of hydrogen-bond acceptors (Lipinski definition) is 8. The summed E-state index contributed by atoms with van der Waals surface area (Å²) in [6.45, 7) is 8.98. The molecule has 0 amide bonds. The summed E-state index contributed by atoms with van der Waals surface area (Å²) in [5, 5.41) is 3.19. The van der Waals surface area contributed by atoms with Crippen molar-refractivity contribution in [2.45, 2.75) is 20.3 Å². The van der Waals surface area contributed by atoms with Crippen LogP contribution in [0.1, 0.15) is 41.8 Å². The van der Waals surface area contributed by atoms with E-state index in [0.29, 0.717) is 23.5 Å². The molecule has 3 aromatic rings. The summed E-state index contributed by atoms with van der Waals surface area (Å²) in [6, 6.07) is 8.78. The summed E-state index contributed by atoms with van der Waals surface area (Å²) in [7, 11) is 3.02. The molecule has 8 nitrogen and oxygen atoms in total. The van der Waals surface area contributed by atoms with Gasteiger partial charge in [0.2, 0.25) is 5.95 Å². The van der Waals surface area contributed by atoms with E-state index in [1.807, 2.05) is 18.2 Å². The molecular weight excluding hydrogens is 485 g/mol. The maximum absolute atomic E-state index is 14.7. The second-order valence-electron chi connectivity index (χ2n) is 8.80. The first-order valence-corrected chi connectivity index (χ1v) is 12.6. The number of Topliss-reactive ketones (excluding diaryl/α,β-unsaturated/α-hetero) is 1. The van der Waals surface area contributed by atoms with Gasteiger partial charge < -0.3 is 24.6 Å². The normalized spacial score (nSPS) is 13.4. The zero-order chi connectivity index (χ0) is 27.1. The molecule has 0 unspecified atom stereocenters. The van der Waals surface area contributed by atoms with E-state index in [2.05, 4.69) is 43.8 Å². The van der Waals surface area contributed by atoms with Crippen molar-refractivity contribution in [1.82, 2.24) is 14.9 Å². The number of benzene rings is 2. The third kappa shape index (κ3) is 6.21. The average Bonchev–Trinajstić information content (AvgIpc) is 2.97. The number of rotatable bonds is 8. The SMILES string of the molecule is CCC(=O)c1cc(C#Cc2cnc(Nc3ccc(N4CCN(CC)CC4)c(OC)c3)nc2)c(F)c(OC)c1. The highest BCUT2D eigenvalue weighted by molar-refractivity contribution is 5.96. The number of hydrogen-bond donors (Lipinski definition) is 1. The summed E-state index contributed by atoms with van der Waals surface area (Å²) < 4.78 is 25.4. The van der Waals surface area contributed by atoms with Crippen LogP contribution in [0, 0.1) is 17.7 Å². The van der Waals surface area contributed by atoms with Gasteiger partial charge in [-0.1, -0.05) is 25.7 Å².